The van der Waals surface area contributed by atoms with Gasteiger partial charge in [-0.1, -0.05) is 6.92 Å². The van der Waals surface area contributed by atoms with Crippen molar-refractivity contribution in [1.29, 1.82) is 0 Å². The first kappa shape index (κ1) is 4.80. The highest BCUT2D eigenvalue weighted by molar-refractivity contribution is 5.20. The summed E-state index contributed by atoms with van der Waals surface area (Å²) in [7, 11) is 0. The highest BCUT2D eigenvalue weighted by Crippen LogP contribution is 2.78. The summed E-state index contributed by atoms with van der Waals surface area (Å²) in [5.74, 6) is 0. The third-order valence-corrected chi connectivity index (χ3v) is 3.09. The first-order valence-electron chi connectivity index (χ1n) is 3.33. The number of hydrogen-bond acceptors (Lipinski definition) is 1. The van der Waals surface area contributed by atoms with Crippen molar-refractivity contribution in [2.75, 3.05) is 6.61 Å². The Labute approximate surface area is 49.7 Å². The van der Waals surface area contributed by atoms with Crippen molar-refractivity contribution in [3.05, 3.63) is 0 Å². The molecule has 0 aromatic carbocycles. The van der Waals surface area contributed by atoms with Crippen LogP contribution in [0.3, 0.4) is 0 Å². The van der Waals surface area contributed by atoms with E-state index < -0.39 is 0 Å². The van der Waals surface area contributed by atoms with Gasteiger partial charge < -0.3 is 5.11 Å². The predicted molar refractivity (Wildman–Crippen MR) is 31.5 cm³/mol. The summed E-state index contributed by atoms with van der Waals surface area (Å²) < 4.78 is 0. The minimum Gasteiger partial charge on any atom is -0.396 e. The van der Waals surface area contributed by atoms with Crippen LogP contribution in [0, 0.1) is 10.8 Å². The van der Waals surface area contributed by atoms with E-state index in [-0.39, 0.29) is 0 Å². The van der Waals surface area contributed by atoms with Gasteiger partial charge in [0.25, 0.3) is 0 Å². The molecule has 0 saturated heterocycles. The molecule has 0 aromatic rings. The molecule has 2 aliphatic rings. The molecule has 1 unspecified atom stereocenters. The lowest BCUT2D eigenvalue weighted by Gasteiger charge is -2.01. The summed E-state index contributed by atoms with van der Waals surface area (Å²) in [5, 5.41) is 8.84. The summed E-state index contributed by atoms with van der Waals surface area (Å²) in [6.45, 7) is 2.60. The van der Waals surface area contributed by atoms with Gasteiger partial charge in [-0.05, 0) is 30.1 Å². The predicted octanol–water partition coefficient (Wildman–Crippen LogP) is 1.17. The van der Waals surface area contributed by atoms with Crippen molar-refractivity contribution >= 4 is 0 Å². The van der Waals surface area contributed by atoms with Gasteiger partial charge in [0, 0.05) is 6.61 Å². The van der Waals surface area contributed by atoms with E-state index >= 15 is 0 Å². The summed E-state index contributed by atoms with van der Waals surface area (Å²) in [5.41, 5.74) is 1.01. The Bertz CT molecular complexity index is 126. The fraction of sp³-hybridized carbons (Fsp3) is 1.00. The van der Waals surface area contributed by atoms with Crippen LogP contribution in [0.25, 0.3) is 0 Å². The lowest BCUT2D eigenvalue weighted by molar-refractivity contribution is 0.208. The van der Waals surface area contributed by atoms with Crippen LogP contribution in [0.4, 0.5) is 0 Å². The third kappa shape index (κ3) is 0.334. The van der Waals surface area contributed by atoms with Gasteiger partial charge in [-0.15, -0.1) is 0 Å². The molecule has 0 aliphatic heterocycles. The maximum absolute atomic E-state index is 8.84. The van der Waals surface area contributed by atoms with E-state index in [0.717, 1.165) is 0 Å². The Balaban J connectivity index is 2.11. The molecule has 1 N–H and O–H groups in total. The second kappa shape index (κ2) is 0.971. The highest BCUT2D eigenvalue weighted by Gasteiger charge is 2.70. The summed E-state index contributed by atoms with van der Waals surface area (Å²) in [6.07, 6.45) is 4.05. The van der Waals surface area contributed by atoms with Gasteiger partial charge in [0.2, 0.25) is 0 Å². The van der Waals surface area contributed by atoms with E-state index in [2.05, 4.69) is 6.92 Å². The Morgan fingerprint density at radius 1 is 1.50 bits per heavy atom. The summed E-state index contributed by atoms with van der Waals surface area (Å²) in [6, 6.07) is 0. The average Bonchev–Trinajstić information content (AvgIpc) is 2.57. The van der Waals surface area contributed by atoms with Crippen molar-refractivity contribution in [3.63, 3.8) is 0 Å². The smallest absolute Gasteiger partial charge is 0.0490 e. The highest BCUT2D eigenvalue weighted by atomic mass is 16.3. The van der Waals surface area contributed by atoms with Crippen LogP contribution in [0.15, 0.2) is 0 Å². The largest absolute Gasteiger partial charge is 0.396 e. The SMILES string of the molecule is CC1(CO)CC12CC2. The van der Waals surface area contributed by atoms with E-state index in [1.807, 2.05) is 0 Å². The number of rotatable bonds is 1. The van der Waals surface area contributed by atoms with Crippen LogP contribution in [0.5, 0.6) is 0 Å². The molecule has 1 atom stereocenters. The summed E-state index contributed by atoms with van der Waals surface area (Å²) in [4.78, 5) is 0. The number of aliphatic hydroxyl groups is 1. The minimum atomic E-state index is 0.354. The van der Waals surface area contributed by atoms with Gasteiger partial charge in [-0.3, -0.25) is 0 Å². The molecule has 0 radical (unpaired) electrons. The molecule has 0 aromatic heterocycles. The fourth-order valence-electron chi connectivity index (χ4n) is 1.86. The molecule has 2 saturated carbocycles. The van der Waals surface area contributed by atoms with Crippen LogP contribution in [0.1, 0.15) is 26.2 Å². The van der Waals surface area contributed by atoms with Crippen LogP contribution >= 0.6 is 0 Å². The molecule has 0 amide bonds. The summed E-state index contributed by atoms with van der Waals surface area (Å²) >= 11 is 0. The van der Waals surface area contributed by atoms with E-state index in [9.17, 15) is 0 Å². The average molecular weight is 112 g/mol. The standard InChI is InChI=1S/C7H12O/c1-6(5-8)4-7(6)2-3-7/h8H,2-5H2,1H3. The first-order chi connectivity index (χ1) is 3.72. The Hall–Kier alpha value is -0.0400. The lowest BCUT2D eigenvalue weighted by Crippen LogP contribution is -2.03. The van der Waals surface area contributed by atoms with Crippen molar-refractivity contribution in [3.8, 4) is 0 Å². The maximum Gasteiger partial charge on any atom is 0.0490 e. The number of hydrogen-bond donors (Lipinski definition) is 1. The normalized spacial score (nSPS) is 47.2. The second-order valence-electron chi connectivity index (χ2n) is 3.68. The molecule has 1 nitrogen and oxygen atoms in total. The van der Waals surface area contributed by atoms with E-state index in [0.29, 0.717) is 17.4 Å². The maximum atomic E-state index is 8.84. The first-order valence-corrected chi connectivity index (χ1v) is 3.33. The molecule has 2 fully saturated rings. The molecule has 46 valence electrons. The van der Waals surface area contributed by atoms with Gasteiger partial charge in [-0.2, -0.15) is 0 Å². The van der Waals surface area contributed by atoms with Crippen molar-refractivity contribution in [2.24, 2.45) is 10.8 Å². The molecular weight excluding hydrogens is 100 g/mol. The molecule has 0 heterocycles. The van der Waals surface area contributed by atoms with Crippen molar-refractivity contribution in [1.82, 2.24) is 0 Å². The molecule has 8 heavy (non-hydrogen) atoms. The molecule has 0 bridgehead atoms. The van der Waals surface area contributed by atoms with Gasteiger partial charge in [0.05, 0.1) is 0 Å². The Morgan fingerprint density at radius 3 is 2.25 bits per heavy atom. The Morgan fingerprint density at radius 2 is 2.12 bits per heavy atom. The van der Waals surface area contributed by atoms with E-state index in [4.69, 9.17) is 5.11 Å². The van der Waals surface area contributed by atoms with Crippen molar-refractivity contribution < 1.29 is 5.11 Å². The van der Waals surface area contributed by atoms with Crippen LogP contribution in [-0.4, -0.2) is 11.7 Å². The number of aliphatic hydroxyl groups excluding tert-OH is 1. The third-order valence-electron chi connectivity index (χ3n) is 3.09. The monoisotopic (exact) mass is 112 g/mol. The zero-order valence-electron chi connectivity index (χ0n) is 5.28. The van der Waals surface area contributed by atoms with Gasteiger partial charge in [0.15, 0.2) is 0 Å². The molecule has 2 aliphatic carbocycles. The molecule has 1 spiro atoms. The molecule has 1 heteroatoms. The van der Waals surface area contributed by atoms with Crippen molar-refractivity contribution in [2.45, 2.75) is 26.2 Å². The fourth-order valence-corrected chi connectivity index (χ4v) is 1.86. The van der Waals surface area contributed by atoms with Gasteiger partial charge in [0.1, 0.15) is 0 Å². The molecular formula is C7H12O. The van der Waals surface area contributed by atoms with Crippen LogP contribution in [0.2, 0.25) is 0 Å². The van der Waals surface area contributed by atoms with E-state index in [1.54, 1.807) is 0 Å². The minimum absolute atomic E-state index is 0.354. The Kier molecular flexibility index (Phi) is 0.583. The van der Waals surface area contributed by atoms with Crippen LogP contribution in [-0.2, 0) is 0 Å². The lowest BCUT2D eigenvalue weighted by atomic mass is 10.1. The zero-order valence-corrected chi connectivity index (χ0v) is 5.28. The molecule has 2 rings (SSSR count). The second-order valence-corrected chi connectivity index (χ2v) is 3.68. The topological polar surface area (TPSA) is 20.2 Å². The van der Waals surface area contributed by atoms with E-state index in [1.165, 1.54) is 19.3 Å². The quantitative estimate of drug-likeness (QED) is 0.540. The van der Waals surface area contributed by atoms with Gasteiger partial charge >= 0.3 is 0 Å². The van der Waals surface area contributed by atoms with Crippen LogP contribution < -0.4 is 0 Å². The zero-order chi connectivity index (χ0) is 5.83. The van der Waals surface area contributed by atoms with Gasteiger partial charge in [-0.25, -0.2) is 0 Å².